The summed E-state index contributed by atoms with van der Waals surface area (Å²) >= 11 is 1.33. The summed E-state index contributed by atoms with van der Waals surface area (Å²) in [4.78, 5) is 37.9. The first kappa shape index (κ1) is 21.6. The quantitative estimate of drug-likeness (QED) is 0.510. The fourth-order valence-corrected chi connectivity index (χ4v) is 3.57. The van der Waals surface area contributed by atoms with Gasteiger partial charge in [-0.05, 0) is 36.1 Å². The molecule has 9 heteroatoms. The molecule has 0 aliphatic heterocycles. The minimum Gasteiger partial charge on any atom is -0.467 e. The summed E-state index contributed by atoms with van der Waals surface area (Å²) in [5, 5.41) is 4.19. The molecule has 3 N–H and O–H groups in total. The predicted octanol–water partition coefficient (Wildman–Crippen LogP) is 1.76. The number of nitrogens with two attached hydrogens (primary N) is 1. The van der Waals surface area contributed by atoms with Gasteiger partial charge >= 0.3 is 5.97 Å². The van der Waals surface area contributed by atoms with Crippen LogP contribution in [0.1, 0.15) is 17.4 Å². The highest BCUT2D eigenvalue weighted by Crippen LogP contribution is 2.20. The molecule has 1 aromatic heterocycles. The van der Waals surface area contributed by atoms with Crippen LogP contribution in [0.4, 0.5) is 8.78 Å². The Labute approximate surface area is 164 Å². The summed E-state index contributed by atoms with van der Waals surface area (Å²) < 4.78 is 31.2. The van der Waals surface area contributed by atoms with E-state index in [4.69, 9.17) is 5.73 Å². The molecule has 0 saturated carbocycles. The van der Waals surface area contributed by atoms with Gasteiger partial charge in [0.2, 0.25) is 5.91 Å². The third-order valence-corrected chi connectivity index (χ3v) is 4.96. The lowest BCUT2D eigenvalue weighted by atomic mass is 9.86. The van der Waals surface area contributed by atoms with E-state index in [0.29, 0.717) is 10.9 Å². The summed E-state index contributed by atoms with van der Waals surface area (Å²) in [6.07, 6.45) is -0.418. The lowest BCUT2D eigenvalue weighted by Crippen LogP contribution is -2.62. The Hall–Kier alpha value is -2.65. The van der Waals surface area contributed by atoms with Gasteiger partial charge in [0.05, 0.1) is 19.6 Å². The lowest BCUT2D eigenvalue weighted by Gasteiger charge is -2.28. The fourth-order valence-electron chi connectivity index (χ4n) is 2.77. The molecule has 1 heterocycles. The maximum atomic E-state index is 13.2. The number of Topliss-reactive ketones (excluding diaryl/α,β-unsaturated/α-hetero) is 1. The van der Waals surface area contributed by atoms with Crippen molar-refractivity contribution in [1.29, 1.82) is 0 Å². The molecule has 0 aliphatic rings. The van der Waals surface area contributed by atoms with Crippen LogP contribution in [0.5, 0.6) is 0 Å². The molecule has 28 heavy (non-hydrogen) atoms. The number of ether oxygens (including phenoxy) is 1. The van der Waals surface area contributed by atoms with Crippen LogP contribution in [0.2, 0.25) is 0 Å². The van der Waals surface area contributed by atoms with Crippen molar-refractivity contribution < 1.29 is 27.9 Å². The molecule has 0 fully saturated rings. The van der Waals surface area contributed by atoms with Crippen molar-refractivity contribution in [2.75, 3.05) is 7.11 Å². The number of nitrogens with one attached hydrogen (secondary N) is 1. The molecule has 1 amide bonds. The molecule has 0 aliphatic carbocycles. The van der Waals surface area contributed by atoms with Gasteiger partial charge in [-0.25, -0.2) is 13.6 Å². The molecule has 6 nitrogen and oxygen atoms in total. The Balaban J connectivity index is 2.11. The zero-order valence-corrected chi connectivity index (χ0v) is 16.1. The average molecular weight is 410 g/mol. The molecular weight excluding hydrogens is 390 g/mol. The van der Waals surface area contributed by atoms with E-state index >= 15 is 0 Å². The van der Waals surface area contributed by atoms with Gasteiger partial charge in [-0.3, -0.25) is 9.59 Å². The first-order valence-corrected chi connectivity index (χ1v) is 9.22. The van der Waals surface area contributed by atoms with Gasteiger partial charge in [-0.15, -0.1) is 11.3 Å². The van der Waals surface area contributed by atoms with E-state index in [1.54, 1.807) is 17.5 Å². The Bertz CT molecular complexity index is 853. The normalized spacial score (nSPS) is 14.0. The minimum absolute atomic E-state index is 0.0779. The van der Waals surface area contributed by atoms with Crippen molar-refractivity contribution in [1.82, 2.24) is 5.32 Å². The second-order valence-electron chi connectivity index (χ2n) is 6.33. The Morgan fingerprint density at radius 2 is 1.89 bits per heavy atom. The SMILES string of the molecule is COC(=O)[C@](N)(Cc1cccs1)C(=O)[C@H](C)NC(=O)Cc1cc(F)cc(F)c1. The topological polar surface area (TPSA) is 98.5 Å². The summed E-state index contributed by atoms with van der Waals surface area (Å²) in [7, 11) is 1.12. The number of thiophene rings is 1. The molecule has 1 aromatic carbocycles. The predicted molar refractivity (Wildman–Crippen MR) is 99.6 cm³/mol. The fraction of sp³-hybridized carbons (Fsp3) is 0.316. The number of halogens is 2. The van der Waals surface area contributed by atoms with Crippen LogP contribution < -0.4 is 11.1 Å². The molecular formula is C19H20F2N2O4S. The number of ketones is 1. The molecule has 2 atom stereocenters. The van der Waals surface area contributed by atoms with E-state index in [-0.39, 0.29) is 18.4 Å². The highest BCUT2D eigenvalue weighted by atomic mass is 32.1. The van der Waals surface area contributed by atoms with Crippen molar-refractivity contribution in [3.63, 3.8) is 0 Å². The molecule has 0 bridgehead atoms. The second-order valence-corrected chi connectivity index (χ2v) is 7.36. The summed E-state index contributed by atoms with van der Waals surface area (Å²) in [5.41, 5.74) is 4.22. The number of hydrogen-bond donors (Lipinski definition) is 2. The van der Waals surface area contributed by atoms with Gasteiger partial charge in [0, 0.05) is 17.4 Å². The smallest absolute Gasteiger partial charge is 0.334 e. The van der Waals surface area contributed by atoms with Crippen molar-refractivity contribution in [3.05, 3.63) is 57.8 Å². The van der Waals surface area contributed by atoms with Crippen LogP contribution in [-0.2, 0) is 32.0 Å². The minimum atomic E-state index is -1.97. The molecule has 0 saturated heterocycles. The van der Waals surface area contributed by atoms with Crippen LogP contribution in [0.15, 0.2) is 35.7 Å². The van der Waals surface area contributed by atoms with Crippen molar-refractivity contribution in [3.8, 4) is 0 Å². The monoisotopic (exact) mass is 410 g/mol. The van der Waals surface area contributed by atoms with Gasteiger partial charge in [0.1, 0.15) is 11.6 Å². The standard InChI is InChI=1S/C19H20F2N2O4S/c1-11(23-16(24)8-12-6-13(20)9-14(21)7-12)17(25)19(22,18(26)27-2)10-15-4-3-5-28-15/h3-7,9,11H,8,10,22H2,1-2H3,(H,23,24)/t11-,19-/m0/s1. The number of benzene rings is 1. The number of amides is 1. The van der Waals surface area contributed by atoms with Crippen LogP contribution in [0.25, 0.3) is 0 Å². The number of methoxy groups -OCH3 is 1. The Kier molecular flexibility index (Phi) is 6.98. The largest absolute Gasteiger partial charge is 0.467 e. The van der Waals surface area contributed by atoms with Gasteiger partial charge < -0.3 is 15.8 Å². The van der Waals surface area contributed by atoms with Crippen LogP contribution >= 0.6 is 11.3 Å². The van der Waals surface area contributed by atoms with E-state index in [1.165, 1.54) is 18.3 Å². The highest BCUT2D eigenvalue weighted by Gasteiger charge is 2.45. The van der Waals surface area contributed by atoms with Crippen molar-refractivity contribution in [2.45, 2.75) is 31.3 Å². The van der Waals surface area contributed by atoms with Gasteiger partial charge in [-0.2, -0.15) is 0 Å². The number of esters is 1. The first-order valence-electron chi connectivity index (χ1n) is 8.34. The van der Waals surface area contributed by atoms with E-state index in [0.717, 1.165) is 19.2 Å². The van der Waals surface area contributed by atoms with Gasteiger partial charge in [0.25, 0.3) is 0 Å². The molecule has 150 valence electrons. The Morgan fingerprint density at radius 1 is 1.25 bits per heavy atom. The van der Waals surface area contributed by atoms with E-state index in [2.05, 4.69) is 10.1 Å². The lowest BCUT2D eigenvalue weighted by molar-refractivity contribution is -0.152. The van der Waals surface area contributed by atoms with Crippen molar-refractivity contribution in [2.24, 2.45) is 5.73 Å². The van der Waals surface area contributed by atoms with Crippen LogP contribution in [0, 0.1) is 11.6 Å². The summed E-state index contributed by atoms with van der Waals surface area (Å²) in [5.74, 6) is -3.91. The zero-order chi connectivity index (χ0) is 20.9. The van der Waals surface area contributed by atoms with Crippen molar-refractivity contribution >= 4 is 29.0 Å². The van der Waals surface area contributed by atoms with E-state index < -0.39 is 40.9 Å². The maximum Gasteiger partial charge on any atom is 0.334 e. The highest BCUT2D eigenvalue weighted by molar-refractivity contribution is 7.09. The van der Waals surface area contributed by atoms with Crippen LogP contribution in [-0.4, -0.2) is 36.4 Å². The zero-order valence-electron chi connectivity index (χ0n) is 15.3. The Morgan fingerprint density at radius 3 is 2.43 bits per heavy atom. The third kappa shape index (κ3) is 5.20. The molecule has 2 rings (SSSR count). The third-order valence-electron chi connectivity index (χ3n) is 4.08. The molecule has 0 spiro atoms. The van der Waals surface area contributed by atoms with Gasteiger partial charge in [-0.1, -0.05) is 6.07 Å². The molecule has 0 radical (unpaired) electrons. The van der Waals surface area contributed by atoms with E-state index in [9.17, 15) is 23.2 Å². The second kappa shape index (κ2) is 9.03. The molecule has 0 unspecified atom stereocenters. The van der Waals surface area contributed by atoms with Crippen LogP contribution in [0.3, 0.4) is 0 Å². The maximum absolute atomic E-state index is 13.2. The number of hydrogen-bond acceptors (Lipinski definition) is 6. The summed E-state index contributed by atoms with van der Waals surface area (Å²) in [6, 6.07) is 5.10. The first-order chi connectivity index (χ1) is 13.2. The average Bonchev–Trinajstić information content (AvgIpc) is 3.11. The number of rotatable bonds is 8. The number of carbonyl (C=O) groups is 3. The molecule has 2 aromatic rings. The summed E-state index contributed by atoms with van der Waals surface area (Å²) in [6.45, 7) is 1.38. The van der Waals surface area contributed by atoms with E-state index in [1.807, 2.05) is 0 Å². The number of carbonyl (C=O) groups excluding carboxylic acids is 3. The van der Waals surface area contributed by atoms with Gasteiger partial charge in [0.15, 0.2) is 11.3 Å².